The Morgan fingerprint density at radius 3 is 2.22 bits per heavy atom. The summed E-state index contributed by atoms with van der Waals surface area (Å²) in [4.78, 5) is 0.00153. The Kier molecular flexibility index (Phi) is 5.24. The van der Waals surface area contributed by atoms with Crippen molar-refractivity contribution in [3.8, 4) is 5.75 Å². The van der Waals surface area contributed by atoms with Crippen molar-refractivity contribution in [1.82, 2.24) is 0 Å². The smallest absolute Gasteiger partial charge is 0.387 e. The van der Waals surface area contributed by atoms with Crippen LogP contribution in [0.4, 0.5) is 14.5 Å². The van der Waals surface area contributed by atoms with Gasteiger partial charge in [0.2, 0.25) is 10.0 Å². The summed E-state index contributed by atoms with van der Waals surface area (Å²) < 4.78 is 50.5. The Morgan fingerprint density at radius 2 is 1.70 bits per heavy atom. The highest BCUT2D eigenvalue weighted by Gasteiger charge is 2.06. The first-order valence-electron chi connectivity index (χ1n) is 6.31. The number of hydrogen-bond donors (Lipinski definition) is 2. The van der Waals surface area contributed by atoms with Gasteiger partial charge in [0.1, 0.15) is 5.75 Å². The number of nitrogens with two attached hydrogens (primary N) is 1. The number of anilines is 1. The van der Waals surface area contributed by atoms with E-state index >= 15 is 0 Å². The molecule has 0 aliphatic heterocycles. The largest absolute Gasteiger partial charge is 0.435 e. The number of hydrogen-bond acceptors (Lipinski definition) is 5. The first-order chi connectivity index (χ1) is 10.8. The lowest BCUT2D eigenvalue weighted by atomic mass is 10.2. The van der Waals surface area contributed by atoms with Crippen LogP contribution < -0.4 is 15.3 Å². The summed E-state index contributed by atoms with van der Waals surface area (Å²) in [5.41, 5.74) is 3.93. The molecule has 2 rings (SSSR count). The number of sulfonamides is 1. The molecule has 122 valence electrons. The van der Waals surface area contributed by atoms with Gasteiger partial charge in [0.15, 0.2) is 0 Å². The zero-order valence-electron chi connectivity index (χ0n) is 11.7. The lowest BCUT2D eigenvalue weighted by molar-refractivity contribution is -0.0498. The van der Waals surface area contributed by atoms with E-state index in [4.69, 9.17) is 5.14 Å². The molecule has 3 N–H and O–H groups in total. The Morgan fingerprint density at radius 1 is 1.09 bits per heavy atom. The predicted octanol–water partition coefficient (Wildman–Crippen LogP) is 2.38. The van der Waals surface area contributed by atoms with Gasteiger partial charge in [-0.1, -0.05) is 0 Å². The summed E-state index contributed by atoms with van der Waals surface area (Å²) in [5, 5.41) is 8.94. The van der Waals surface area contributed by atoms with Crippen LogP contribution in [0, 0.1) is 0 Å². The highest BCUT2D eigenvalue weighted by atomic mass is 32.2. The summed E-state index contributed by atoms with van der Waals surface area (Å²) >= 11 is 0. The van der Waals surface area contributed by atoms with Gasteiger partial charge in [-0.15, -0.1) is 0 Å². The van der Waals surface area contributed by atoms with E-state index in [0.717, 1.165) is 0 Å². The van der Waals surface area contributed by atoms with Crippen molar-refractivity contribution in [3.05, 3.63) is 54.1 Å². The second kappa shape index (κ2) is 7.16. The molecule has 9 heteroatoms. The molecule has 6 nitrogen and oxygen atoms in total. The first kappa shape index (κ1) is 16.8. The fraction of sp³-hybridized carbons (Fsp3) is 0.0714. The molecule has 2 aromatic carbocycles. The number of nitrogens with one attached hydrogen (secondary N) is 1. The zero-order chi connectivity index (χ0) is 16.9. The molecule has 0 spiro atoms. The van der Waals surface area contributed by atoms with Crippen LogP contribution in [0.1, 0.15) is 5.56 Å². The van der Waals surface area contributed by atoms with E-state index in [-0.39, 0.29) is 10.6 Å². The van der Waals surface area contributed by atoms with Crippen molar-refractivity contribution in [3.63, 3.8) is 0 Å². The molecule has 0 heterocycles. The number of halogens is 2. The van der Waals surface area contributed by atoms with Gasteiger partial charge in [-0.3, -0.25) is 5.43 Å². The summed E-state index contributed by atoms with van der Waals surface area (Å²) in [7, 11) is -3.73. The van der Waals surface area contributed by atoms with Gasteiger partial charge in [-0.2, -0.15) is 13.9 Å². The Bertz CT molecular complexity index is 776. The van der Waals surface area contributed by atoms with Crippen molar-refractivity contribution in [2.45, 2.75) is 11.5 Å². The minimum absolute atomic E-state index is 0.00153. The van der Waals surface area contributed by atoms with Gasteiger partial charge < -0.3 is 4.74 Å². The Balaban J connectivity index is 1.96. The predicted molar refractivity (Wildman–Crippen MR) is 82.1 cm³/mol. The monoisotopic (exact) mass is 341 g/mol. The highest BCUT2D eigenvalue weighted by molar-refractivity contribution is 7.89. The van der Waals surface area contributed by atoms with Gasteiger partial charge in [0.05, 0.1) is 16.8 Å². The fourth-order valence-corrected chi connectivity index (χ4v) is 2.15. The standard InChI is InChI=1S/C14H13F2N3O3S/c15-14(16)22-12-5-1-10(2-6-12)9-18-19-11-3-7-13(8-4-11)23(17,20)21/h1-9,14,19H,(H2,17,20,21). The molecule has 2 aromatic rings. The van der Waals surface area contributed by atoms with Gasteiger partial charge in [0, 0.05) is 0 Å². The van der Waals surface area contributed by atoms with Crippen molar-refractivity contribution in [2.75, 3.05) is 5.43 Å². The van der Waals surface area contributed by atoms with E-state index in [1.165, 1.54) is 42.6 Å². The molecule has 0 unspecified atom stereocenters. The van der Waals surface area contributed by atoms with Crippen molar-refractivity contribution in [1.29, 1.82) is 0 Å². The van der Waals surface area contributed by atoms with Crippen LogP contribution in [0.15, 0.2) is 58.5 Å². The third-order valence-electron chi connectivity index (χ3n) is 2.70. The minimum atomic E-state index is -3.73. The van der Waals surface area contributed by atoms with Crippen molar-refractivity contribution in [2.24, 2.45) is 10.2 Å². The zero-order valence-corrected chi connectivity index (χ0v) is 12.5. The lowest BCUT2D eigenvalue weighted by Crippen LogP contribution is -2.11. The molecule has 0 aliphatic carbocycles. The van der Waals surface area contributed by atoms with Crippen LogP contribution in [-0.2, 0) is 10.0 Å². The van der Waals surface area contributed by atoms with E-state index in [1.54, 1.807) is 12.1 Å². The molecule has 0 amide bonds. The molecule has 0 aromatic heterocycles. The van der Waals surface area contributed by atoms with E-state index in [2.05, 4.69) is 15.3 Å². The number of alkyl halides is 2. The Labute approximate surface area is 131 Å². The number of rotatable bonds is 6. The maximum atomic E-state index is 12.0. The summed E-state index contributed by atoms with van der Waals surface area (Å²) in [6.07, 6.45) is 1.47. The van der Waals surface area contributed by atoms with Crippen LogP contribution >= 0.6 is 0 Å². The molecule has 0 bridgehead atoms. The SMILES string of the molecule is NS(=O)(=O)c1ccc(NN=Cc2ccc(OC(F)F)cc2)cc1. The molecule has 0 saturated carbocycles. The minimum Gasteiger partial charge on any atom is -0.435 e. The van der Waals surface area contributed by atoms with Crippen LogP contribution in [0.5, 0.6) is 5.75 Å². The molecule has 23 heavy (non-hydrogen) atoms. The number of ether oxygens (including phenoxy) is 1. The van der Waals surface area contributed by atoms with Crippen LogP contribution in [-0.4, -0.2) is 21.2 Å². The maximum absolute atomic E-state index is 12.0. The lowest BCUT2D eigenvalue weighted by Gasteiger charge is -2.04. The van der Waals surface area contributed by atoms with Crippen molar-refractivity contribution >= 4 is 21.9 Å². The van der Waals surface area contributed by atoms with Crippen molar-refractivity contribution < 1.29 is 21.9 Å². The fourth-order valence-electron chi connectivity index (χ4n) is 1.64. The van der Waals surface area contributed by atoms with E-state index in [1.807, 2.05) is 0 Å². The summed E-state index contributed by atoms with van der Waals surface area (Å²) in [5.74, 6) is 0.0590. The second-order valence-corrected chi connectivity index (χ2v) is 5.95. The normalized spacial score (nSPS) is 11.8. The Hall–Kier alpha value is -2.52. The summed E-state index contributed by atoms with van der Waals surface area (Å²) in [6, 6.07) is 11.6. The number of primary sulfonamides is 1. The van der Waals surface area contributed by atoms with Crippen LogP contribution in [0.3, 0.4) is 0 Å². The third-order valence-corrected chi connectivity index (χ3v) is 3.62. The van der Waals surface area contributed by atoms with E-state index in [0.29, 0.717) is 11.3 Å². The second-order valence-electron chi connectivity index (χ2n) is 4.39. The van der Waals surface area contributed by atoms with Gasteiger partial charge in [0.25, 0.3) is 0 Å². The molecular formula is C14H13F2N3O3S. The molecular weight excluding hydrogens is 328 g/mol. The number of nitrogens with zero attached hydrogens (tertiary/aromatic N) is 1. The molecule has 0 atom stereocenters. The van der Waals surface area contributed by atoms with E-state index < -0.39 is 16.6 Å². The van der Waals surface area contributed by atoms with Gasteiger partial charge in [-0.05, 0) is 54.1 Å². The quantitative estimate of drug-likeness (QED) is 0.623. The average Bonchev–Trinajstić information content (AvgIpc) is 2.48. The van der Waals surface area contributed by atoms with Crippen LogP contribution in [0.2, 0.25) is 0 Å². The topological polar surface area (TPSA) is 93.8 Å². The molecule has 0 saturated heterocycles. The average molecular weight is 341 g/mol. The first-order valence-corrected chi connectivity index (χ1v) is 7.86. The van der Waals surface area contributed by atoms with Crippen LogP contribution in [0.25, 0.3) is 0 Å². The number of hydrazone groups is 1. The van der Waals surface area contributed by atoms with Gasteiger partial charge in [-0.25, -0.2) is 13.6 Å². The summed E-state index contributed by atoms with van der Waals surface area (Å²) in [6.45, 7) is -2.86. The highest BCUT2D eigenvalue weighted by Crippen LogP contribution is 2.15. The molecule has 0 radical (unpaired) electrons. The van der Waals surface area contributed by atoms with E-state index in [9.17, 15) is 17.2 Å². The molecule has 0 aliphatic rings. The third kappa shape index (κ3) is 5.31. The van der Waals surface area contributed by atoms with Gasteiger partial charge >= 0.3 is 6.61 Å². The number of benzene rings is 2. The molecule has 0 fully saturated rings. The maximum Gasteiger partial charge on any atom is 0.387 e.